The number of hydrogen-bond acceptors (Lipinski definition) is 5. The SMILES string of the molecule is Cc1ccc(Nc2ncccc2N)cc1[N+](=O)[O-]. The molecule has 0 amide bonds. The second kappa shape index (κ2) is 4.70. The number of anilines is 3. The molecule has 0 spiro atoms. The first-order valence-corrected chi connectivity index (χ1v) is 5.30. The van der Waals surface area contributed by atoms with E-state index in [1.807, 2.05) is 0 Å². The minimum Gasteiger partial charge on any atom is -0.396 e. The third-order valence-electron chi connectivity index (χ3n) is 2.51. The van der Waals surface area contributed by atoms with Gasteiger partial charge in [-0.1, -0.05) is 6.07 Å². The van der Waals surface area contributed by atoms with Crippen LogP contribution in [0, 0.1) is 17.0 Å². The average molecular weight is 244 g/mol. The molecule has 3 N–H and O–H groups in total. The number of nitrogen functional groups attached to an aromatic ring is 1. The van der Waals surface area contributed by atoms with Crippen LogP contribution >= 0.6 is 0 Å². The zero-order valence-corrected chi connectivity index (χ0v) is 9.75. The highest BCUT2D eigenvalue weighted by molar-refractivity contribution is 5.69. The molecule has 0 aliphatic heterocycles. The van der Waals surface area contributed by atoms with E-state index in [0.29, 0.717) is 22.8 Å². The molecule has 0 atom stereocenters. The molecule has 0 fully saturated rings. The zero-order chi connectivity index (χ0) is 13.1. The van der Waals surface area contributed by atoms with E-state index in [2.05, 4.69) is 10.3 Å². The molecule has 0 aliphatic carbocycles. The van der Waals surface area contributed by atoms with Crippen LogP contribution in [0.1, 0.15) is 5.56 Å². The maximum absolute atomic E-state index is 10.8. The van der Waals surface area contributed by atoms with E-state index >= 15 is 0 Å². The zero-order valence-electron chi connectivity index (χ0n) is 9.75. The average Bonchev–Trinajstić information content (AvgIpc) is 2.34. The van der Waals surface area contributed by atoms with E-state index in [4.69, 9.17) is 5.73 Å². The fourth-order valence-electron chi connectivity index (χ4n) is 1.54. The number of nitrogens with zero attached hydrogens (tertiary/aromatic N) is 2. The highest BCUT2D eigenvalue weighted by atomic mass is 16.6. The van der Waals surface area contributed by atoms with Gasteiger partial charge in [-0.05, 0) is 25.1 Å². The lowest BCUT2D eigenvalue weighted by molar-refractivity contribution is -0.385. The van der Waals surface area contributed by atoms with Crippen molar-refractivity contribution in [2.45, 2.75) is 6.92 Å². The molecule has 0 aliphatic rings. The highest BCUT2D eigenvalue weighted by Crippen LogP contribution is 2.25. The van der Waals surface area contributed by atoms with Gasteiger partial charge in [-0.25, -0.2) is 4.98 Å². The Morgan fingerprint density at radius 2 is 2.17 bits per heavy atom. The van der Waals surface area contributed by atoms with Crippen LogP contribution < -0.4 is 11.1 Å². The maximum Gasteiger partial charge on any atom is 0.274 e. The summed E-state index contributed by atoms with van der Waals surface area (Å²) in [5.41, 5.74) is 7.48. The Labute approximate surface area is 104 Å². The topological polar surface area (TPSA) is 94.1 Å². The van der Waals surface area contributed by atoms with Crippen LogP contribution in [0.25, 0.3) is 0 Å². The second-order valence-electron chi connectivity index (χ2n) is 3.82. The largest absolute Gasteiger partial charge is 0.396 e. The number of nitro benzene ring substituents is 1. The Balaban J connectivity index is 2.33. The Bertz CT molecular complexity index is 598. The van der Waals surface area contributed by atoms with Gasteiger partial charge in [0.15, 0.2) is 5.82 Å². The number of nitro groups is 1. The molecule has 1 heterocycles. The predicted molar refractivity (Wildman–Crippen MR) is 69.8 cm³/mol. The first-order chi connectivity index (χ1) is 8.58. The molecule has 0 bridgehead atoms. The number of aromatic nitrogens is 1. The number of rotatable bonds is 3. The third-order valence-corrected chi connectivity index (χ3v) is 2.51. The summed E-state index contributed by atoms with van der Waals surface area (Å²) in [7, 11) is 0. The lowest BCUT2D eigenvalue weighted by Crippen LogP contribution is -1.99. The van der Waals surface area contributed by atoms with Gasteiger partial charge in [0.05, 0.1) is 10.6 Å². The van der Waals surface area contributed by atoms with Crippen molar-refractivity contribution in [3.05, 3.63) is 52.2 Å². The van der Waals surface area contributed by atoms with Gasteiger partial charge in [-0.2, -0.15) is 0 Å². The van der Waals surface area contributed by atoms with E-state index in [0.717, 1.165) is 0 Å². The van der Waals surface area contributed by atoms with Crippen LogP contribution in [0.2, 0.25) is 0 Å². The number of hydrogen-bond donors (Lipinski definition) is 2. The van der Waals surface area contributed by atoms with Crippen LogP contribution in [-0.4, -0.2) is 9.91 Å². The highest BCUT2D eigenvalue weighted by Gasteiger charge is 2.11. The smallest absolute Gasteiger partial charge is 0.274 e. The first kappa shape index (κ1) is 11.8. The van der Waals surface area contributed by atoms with Crippen LogP contribution in [0.4, 0.5) is 22.9 Å². The monoisotopic (exact) mass is 244 g/mol. The van der Waals surface area contributed by atoms with E-state index in [9.17, 15) is 10.1 Å². The van der Waals surface area contributed by atoms with Crippen molar-refractivity contribution in [2.24, 2.45) is 0 Å². The van der Waals surface area contributed by atoms with Crippen molar-refractivity contribution in [1.29, 1.82) is 0 Å². The summed E-state index contributed by atoms with van der Waals surface area (Å²) < 4.78 is 0. The minimum absolute atomic E-state index is 0.0644. The molecule has 6 nitrogen and oxygen atoms in total. The van der Waals surface area contributed by atoms with Crippen molar-refractivity contribution in [2.75, 3.05) is 11.1 Å². The number of nitrogens with one attached hydrogen (secondary N) is 1. The number of aryl methyl sites for hydroxylation is 1. The normalized spacial score (nSPS) is 10.1. The minimum atomic E-state index is -0.414. The summed E-state index contributed by atoms with van der Waals surface area (Å²) in [5.74, 6) is 0.482. The van der Waals surface area contributed by atoms with Gasteiger partial charge in [0.2, 0.25) is 0 Å². The number of benzene rings is 1. The van der Waals surface area contributed by atoms with Gasteiger partial charge in [-0.3, -0.25) is 10.1 Å². The molecule has 1 aromatic carbocycles. The molecule has 2 rings (SSSR count). The van der Waals surface area contributed by atoms with E-state index in [-0.39, 0.29) is 5.69 Å². The molecular weight excluding hydrogens is 232 g/mol. The van der Waals surface area contributed by atoms with Crippen molar-refractivity contribution >= 4 is 22.9 Å². The Kier molecular flexibility index (Phi) is 3.09. The number of nitrogens with two attached hydrogens (primary N) is 1. The molecule has 1 aromatic heterocycles. The molecule has 0 saturated carbocycles. The van der Waals surface area contributed by atoms with Gasteiger partial charge >= 0.3 is 0 Å². The first-order valence-electron chi connectivity index (χ1n) is 5.30. The molecule has 18 heavy (non-hydrogen) atoms. The van der Waals surface area contributed by atoms with Crippen molar-refractivity contribution in [3.63, 3.8) is 0 Å². The maximum atomic E-state index is 10.8. The van der Waals surface area contributed by atoms with Gasteiger partial charge in [0.25, 0.3) is 5.69 Å². The Morgan fingerprint density at radius 3 is 2.83 bits per heavy atom. The van der Waals surface area contributed by atoms with Gasteiger partial charge in [-0.15, -0.1) is 0 Å². The second-order valence-corrected chi connectivity index (χ2v) is 3.82. The standard InChI is InChI=1S/C12H12N4O2/c1-8-4-5-9(7-11(8)16(17)18)15-12-10(13)3-2-6-14-12/h2-7H,13H2,1H3,(H,14,15). The van der Waals surface area contributed by atoms with E-state index in [1.54, 1.807) is 37.4 Å². The molecule has 6 heteroatoms. The molecule has 92 valence electrons. The summed E-state index contributed by atoms with van der Waals surface area (Å²) in [5, 5.41) is 13.8. The lowest BCUT2D eigenvalue weighted by Gasteiger charge is -2.08. The number of pyridine rings is 1. The summed E-state index contributed by atoms with van der Waals surface area (Å²) in [6.45, 7) is 1.69. The Hall–Kier alpha value is -2.63. The van der Waals surface area contributed by atoms with Crippen LogP contribution in [0.15, 0.2) is 36.5 Å². The third kappa shape index (κ3) is 2.37. The van der Waals surface area contributed by atoms with Crippen molar-refractivity contribution < 1.29 is 4.92 Å². The van der Waals surface area contributed by atoms with Gasteiger partial charge in [0.1, 0.15) is 0 Å². The molecule has 0 radical (unpaired) electrons. The summed E-state index contributed by atoms with van der Waals surface area (Å²) in [6.07, 6.45) is 1.60. The summed E-state index contributed by atoms with van der Waals surface area (Å²) in [6, 6.07) is 8.32. The van der Waals surface area contributed by atoms with Gasteiger partial charge < -0.3 is 11.1 Å². The summed E-state index contributed by atoms with van der Waals surface area (Å²) in [4.78, 5) is 14.5. The molecule has 0 saturated heterocycles. The van der Waals surface area contributed by atoms with Crippen molar-refractivity contribution in [3.8, 4) is 0 Å². The van der Waals surface area contributed by atoms with Crippen LogP contribution in [0.3, 0.4) is 0 Å². The fourth-order valence-corrected chi connectivity index (χ4v) is 1.54. The van der Waals surface area contributed by atoms with E-state index < -0.39 is 4.92 Å². The molecule has 2 aromatic rings. The van der Waals surface area contributed by atoms with Crippen LogP contribution in [0.5, 0.6) is 0 Å². The predicted octanol–water partition coefficient (Wildman–Crippen LogP) is 2.62. The van der Waals surface area contributed by atoms with E-state index in [1.165, 1.54) is 6.07 Å². The quantitative estimate of drug-likeness (QED) is 0.639. The molecular formula is C12H12N4O2. The van der Waals surface area contributed by atoms with Crippen LogP contribution in [-0.2, 0) is 0 Å². The van der Waals surface area contributed by atoms with Gasteiger partial charge in [0, 0.05) is 23.5 Å². The van der Waals surface area contributed by atoms with Crippen molar-refractivity contribution in [1.82, 2.24) is 4.98 Å². The molecule has 0 unspecified atom stereocenters. The Morgan fingerprint density at radius 1 is 1.39 bits per heavy atom. The fraction of sp³-hybridized carbons (Fsp3) is 0.0833. The lowest BCUT2D eigenvalue weighted by atomic mass is 10.2. The summed E-state index contributed by atoms with van der Waals surface area (Å²) >= 11 is 0.